The van der Waals surface area contributed by atoms with Crippen molar-refractivity contribution in [1.82, 2.24) is 15.2 Å². The lowest BCUT2D eigenvalue weighted by molar-refractivity contribution is 0.104. The van der Waals surface area contributed by atoms with E-state index in [-0.39, 0.29) is 22.3 Å². The molecule has 0 amide bonds. The third kappa shape index (κ3) is 3.69. The highest BCUT2D eigenvalue weighted by Crippen LogP contribution is 2.27. The van der Waals surface area contributed by atoms with Gasteiger partial charge in [-0.15, -0.1) is 10.2 Å². The number of halogens is 3. The summed E-state index contributed by atoms with van der Waals surface area (Å²) < 4.78 is 13.1. The summed E-state index contributed by atoms with van der Waals surface area (Å²) >= 11 is 12.0. The van der Waals surface area contributed by atoms with Crippen LogP contribution in [0, 0.1) is 5.82 Å². The summed E-state index contributed by atoms with van der Waals surface area (Å²) in [5.74, 6) is -0.278. The van der Waals surface area contributed by atoms with Gasteiger partial charge < -0.3 is 10.3 Å². The maximum absolute atomic E-state index is 13.2. The number of nitrogens with one attached hydrogen (secondary N) is 2. The molecule has 0 saturated heterocycles. The van der Waals surface area contributed by atoms with Crippen molar-refractivity contribution in [2.45, 2.75) is 6.54 Å². The monoisotopic (exact) mass is 414 g/mol. The van der Waals surface area contributed by atoms with Gasteiger partial charge in [0, 0.05) is 34.2 Å². The fourth-order valence-corrected chi connectivity index (χ4v) is 3.21. The van der Waals surface area contributed by atoms with E-state index >= 15 is 0 Å². The maximum atomic E-state index is 13.2. The molecule has 0 atom stereocenters. The Morgan fingerprint density at radius 1 is 1.04 bits per heavy atom. The molecule has 8 heteroatoms. The van der Waals surface area contributed by atoms with Gasteiger partial charge in [-0.25, -0.2) is 4.39 Å². The second-order valence-corrected chi connectivity index (χ2v) is 6.95. The van der Waals surface area contributed by atoms with Crippen LogP contribution in [-0.2, 0) is 6.54 Å². The van der Waals surface area contributed by atoms with Crippen LogP contribution < -0.4 is 5.32 Å². The molecule has 2 N–H and O–H groups in total. The van der Waals surface area contributed by atoms with E-state index in [0.717, 1.165) is 16.5 Å². The van der Waals surface area contributed by atoms with Crippen LogP contribution in [-0.4, -0.2) is 21.0 Å². The zero-order valence-electron chi connectivity index (χ0n) is 14.3. The highest BCUT2D eigenvalue weighted by Gasteiger charge is 2.20. The van der Waals surface area contributed by atoms with E-state index in [4.69, 9.17) is 23.2 Å². The summed E-state index contributed by atoms with van der Waals surface area (Å²) in [7, 11) is 0. The standard InChI is InChI=1S/C20H13Cl2FN4O/c21-12-3-6-14-16(10-24-17(14)7-12)19(28)15-8-18(22)26-27-20(15)25-9-11-1-4-13(23)5-2-11/h1-8,10,24H,9H2,(H,25,27). The van der Waals surface area contributed by atoms with Crippen LogP contribution in [0.4, 0.5) is 10.2 Å². The SMILES string of the molecule is O=C(c1cc(Cl)nnc1NCc1ccc(F)cc1)c1c[nH]c2cc(Cl)ccc12. The van der Waals surface area contributed by atoms with Crippen molar-refractivity contribution in [3.8, 4) is 0 Å². The van der Waals surface area contributed by atoms with Crippen molar-refractivity contribution in [1.29, 1.82) is 0 Å². The molecule has 2 aromatic carbocycles. The Hall–Kier alpha value is -2.96. The number of aromatic nitrogens is 3. The zero-order chi connectivity index (χ0) is 19.7. The number of aromatic amines is 1. The first-order chi connectivity index (χ1) is 13.5. The summed E-state index contributed by atoms with van der Waals surface area (Å²) in [6, 6.07) is 12.8. The van der Waals surface area contributed by atoms with Crippen LogP contribution in [0.25, 0.3) is 10.9 Å². The molecule has 2 heterocycles. The van der Waals surface area contributed by atoms with Gasteiger partial charge in [-0.3, -0.25) is 4.79 Å². The maximum Gasteiger partial charge on any atom is 0.199 e. The summed E-state index contributed by atoms with van der Waals surface area (Å²) in [4.78, 5) is 16.2. The number of benzene rings is 2. The molecule has 0 aliphatic carbocycles. The largest absolute Gasteiger partial charge is 0.364 e. The van der Waals surface area contributed by atoms with Gasteiger partial charge in [-0.1, -0.05) is 41.4 Å². The van der Waals surface area contributed by atoms with E-state index in [2.05, 4.69) is 20.5 Å². The third-order valence-corrected chi connectivity index (χ3v) is 4.69. The average molecular weight is 415 g/mol. The summed E-state index contributed by atoms with van der Waals surface area (Å²) in [5, 5.41) is 12.3. The Morgan fingerprint density at radius 2 is 1.82 bits per heavy atom. The fraction of sp³-hybridized carbons (Fsp3) is 0.0500. The molecule has 0 bridgehead atoms. The number of nitrogens with zero attached hydrogens (tertiary/aromatic N) is 2. The minimum absolute atomic E-state index is 0.110. The Bertz CT molecular complexity index is 1170. The number of fused-ring (bicyclic) bond motifs is 1. The molecular formula is C20H13Cl2FN4O. The third-order valence-electron chi connectivity index (χ3n) is 4.27. The van der Waals surface area contributed by atoms with Crippen LogP contribution in [0.1, 0.15) is 21.5 Å². The highest BCUT2D eigenvalue weighted by atomic mass is 35.5. The van der Waals surface area contributed by atoms with E-state index in [1.807, 2.05) is 0 Å². The smallest absolute Gasteiger partial charge is 0.199 e. The number of carbonyl (C=O) groups is 1. The molecule has 4 rings (SSSR count). The molecule has 0 spiro atoms. The van der Waals surface area contributed by atoms with E-state index < -0.39 is 0 Å². The molecule has 4 aromatic rings. The van der Waals surface area contributed by atoms with Crippen molar-refractivity contribution in [2.75, 3.05) is 5.32 Å². The van der Waals surface area contributed by atoms with Crippen molar-refractivity contribution in [3.63, 3.8) is 0 Å². The zero-order valence-corrected chi connectivity index (χ0v) is 15.9. The number of anilines is 1. The Kier molecular flexibility index (Phi) is 4.98. The van der Waals surface area contributed by atoms with Gasteiger partial charge in [-0.2, -0.15) is 0 Å². The molecule has 0 fully saturated rings. The lowest BCUT2D eigenvalue weighted by Crippen LogP contribution is -2.11. The summed E-state index contributed by atoms with van der Waals surface area (Å²) in [5.41, 5.74) is 2.35. The first kappa shape index (κ1) is 18.4. The quantitative estimate of drug-likeness (QED) is 0.437. The first-order valence-corrected chi connectivity index (χ1v) is 9.10. The minimum atomic E-state index is -0.314. The van der Waals surface area contributed by atoms with Crippen molar-refractivity contribution < 1.29 is 9.18 Å². The Morgan fingerprint density at radius 3 is 2.61 bits per heavy atom. The number of rotatable bonds is 5. The highest BCUT2D eigenvalue weighted by molar-refractivity contribution is 6.32. The normalized spacial score (nSPS) is 11.0. The molecule has 0 aliphatic rings. The second kappa shape index (κ2) is 7.58. The molecule has 0 radical (unpaired) electrons. The lowest BCUT2D eigenvalue weighted by atomic mass is 10.0. The molecular weight excluding hydrogens is 402 g/mol. The lowest BCUT2D eigenvalue weighted by Gasteiger charge is -2.10. The van der Waals surface area contributed by atoms with Gasteiger partial charge in [0.2, 0.25) is 0 Å². The predicted octanol–water partition coefficient (Wildman–Crippen LogP) is 5.25. The summed E-state index contributed by atoms with van der Waals surface area (Å²) in [6.45, 7) is 0.348. The molecule has 0 aliphatic heterocycles. The molecule has 5 nitrogen and oxygen atoms in total. The van der Waals surface area contributed by atoms with Crippen molar-refractivity contribution in [2.24, 2.45) is 0 Å². The van der Waals surface area contributed by atoms with Gasteiger partial charge in [0.25, 0.3) is 0 Å². The van der Waals surface area contributed by atoms with Crippen molar-refractivity contribution >= 4 is 45.7 Å². The van der Waals surface area contributed by atoms with Crippen LogP contribution in [0.15, 0.2) is 54.7 Å². The fourth-order valence-electron chi connectivity index (χ4n) is 2.89. The van der Waals surface area contributed by atoms with Gasteiger partial charge in [0.1, 0.15) is 5.82 Å². The number of carbonyl (C=O) groups excluding carboxylic acids is 1. The van der Waals surface area contributed by atoms with E-state index in [9.17, 15) is 9.18 Å². The Labute approximate surface area is 169 Å². The molecule has 0 unspecified atom stereocenters. The van der Waals surface area contributed by atoms with E-state index in [1.165, 1.54) is 18.2 Å². The van der Waals surface area contributed by atoms with Gasteiger partial charge in [0.05, 0.1) is 5.56 Å². The number of ketones is 1. The van der Waals surface area contributed by atoms with Crippen molar-refractivity contribution in [3.05, 3.63) is 87.4 Å². The topological polar surface area (TPSA) is 70.7 Å². The molecule has 0 saturated carbocycles. The van der Waals surface area contributed by atoms with Crippen LogP contribution in [0.5, 0.6) is 0 Å². The minimum Gasteiger partial charge on any atom is -0.364 e. The van der Waals surface area contributed by atoms with Crippen LogP contribution in [0.3, 0.4) is 0 Å². The Balaban J connectivity index is 1.67. The van der Waals surface area contributed by atoms with Gasteiger partial charge in [-0.05, 0) is 35.9 Å². The second-order valence-electron chi connectivity index (χ2n) is 6.13. The molecule has 140 valence electrons. The average Bonchev–Trinajstić information content (AvgIpc) is 3.10. The number of hydrogen-bond acceptors (Lipinski definition) is 4. The van der Waals surface area contributed by atoms with E-state index in [1.54, 1.807) is 36.5 Å². The molecule has 2 aromatic heterocycles. The van der Waals surface area contributed by atoms with Gasteiger partial charge in [0.15, 0.2) is 16.8 Å². The predicted molar refractivity (Wildman–Crippen MR) is 108 cm³/mol. The van der Waals surface area contributed by atoms with E-state index in [0.29, 0.717) is 22.9 Å². The number of H-pyrrole nitrogens is 1. The first-order valence-electron chi connectivity index (χ1n) is 8.34. The van der Waals surface area contributed by atoms with Gasteiger partial charge >= 0.3 is 0 Å². The number of hydrogen-bond donors (Lipinski definition) is 2. The van der Waals surface area contributed by atoms with Crippen LogP contribution in [0.2, 0.25) is 10.2 Å². The van der Waals surface area contributed by atoms with Crippen LogP contribution >= 0.6 is 23.2 Å². The summed E-state index contributed by atoms with van der Waals surface area (Å²) in [6.07, 6.45) is 1.63. The molecule has 28 heavy (non-hydrogen) atoms.